The summed E-state index contributed by atoms with van der Waals surface area (Å²) >= 11 is 0. The van der Waals surface area contributed by atoms with Crippen LogP contribution in [0.1, 0.15) is 0 Å². The summed E-state index contributed by atoms with van der Waals surface area (Å²) in [4.78, 5) is 11.2. The fraction of sp³-hybridized carbons (Fsp3) is 0.364. The van der Waals surface area contributed by atoms with E-state index < -0.39 is 0 Å². The third-order valence-electron chi connectivity index (χ3n) is 2.04. The smallest absolute Gasteiger partial charge is 0.325 e. The number of para-hydroxylation sites is 1. The molecule has 1 atom stereocenters. The fourth-order valence-electron chi connectivity index (χ4n) is 1.13. The van der Waals surface area contributed by atoms with Crippen molar-refractivity contribution in [2.45, 2.75) is 6.10 Å². The number of rotatable bonds is 5. The first-order valence-corrected chi connectivity index (χ1v) is 4.91. The molecule has 1 N–H and O–H groups in total. The maximum atomic E-state index is 11.2. The first-order valence-electron chi connectivity index (χ1n) is 4.91. The first-order chi connectivity index (χ1) is 7.34. The summed E-state index contributed by atoms with van der Waals surface area (Å²) in [5.41, 5.74) is 0.914. The van der Waals surface area contributed by atoms with Crippen LogP contribution in [0.25, 0.3) is 0 Å². The van der Waals surface area contributed by atoms with E-state index in [-0.39, 0.29) is 18.6 Å². The molecular formula is C11H13NO3. The van der Waals surface area contributed by atoms with Crippen LogP contribution >= 0.6 is 0 Å². The van der Waals surface area contributed by atoms with E-state index in [4.69, 9.17) is 9.47 Å². The third-order valence-corrected chi connectivity index (χ3v) is 2.04. The van der Waals surface area contributed by atoms with E-state index in [0.29, 0.717) is 13.2 Å². The minimum atomic E-state index is -0.255. The molecule has 1 aliphatic heterocycles. The van der Waals surface area contributed by atoms with Gasteiger partial charge in [0.05, 0.1) is 6.61 Å². The van der Waals surface area contributed by atoms with Crippen molar-refractivity contribution in [2.75, 3.05) is 25.1 Å². The second-order valence-corrected chi connectivity index (χ2v) is 3.36. The van der Waals surface area contributed by atoms with Gasteiger partial charge in [-0.15, -0.1) is 0 Å². The molecule has 1 aromatic rings. The van der Waals surface area contributed by atoms with Crippen LogP contribution in [0.4, 0.5) is 5.69 Å². The van der Waals surface area contributed by atoms with Gasteiger partial charge in [-0.1, -0.05) is 18.2 Å². The van der Waals surface area contributed by atoms with Crippen molar-refractivity contribution in [2.24, 2.45) is 0 Å². The van der Waals surface area contributed by atoms with Crippen LogP contribution in [0.5, 0.6) is 0 Å². The highest BCUT2D eigenvalue weighted by Crippen LogP contribution is 2.09. The van der Waals surface area contributed by atoms with Crippen LogP contribution in [0.2, 0.25) is 0 Å². The van der Waals surface area contributed by atoms with Gasteiger partial charge in [-0.2, -0.15) is 0 Å². The van der Waals surface area contributed by atoms with Crippen LogP contribution in [0, 0.1) is 0 Å². The molecule has 80 valence electrons. The maximum Gasteiger partial charge on any atom is 0.325 e. The minimum Gasteiger partial charge on any atom is -0.462 e. The van der Waals surface area contributed by atoms with Crippen molar-refractivity contribution in [3.8, 4) is 0 Å². The summed E-state index contributed by atoms with van der Waals surface area (Å²) in [6.07, 6.45) is 0.130. The number of hydrogen-bond donors (Lipinski definition) is 1. The van der Waals surface area contributed by atoms with Crippen LogP contribution in [0.15, 0.2) is 30.3 Å². The first kappa shape index (κ1) is 9.98. The molecule has 0 amide bonds. The summed E-state index contributed by atoms with van der Waals surface area (Å²) in [7, 11) is 0. The van der Waals surface area contributed by atoms with Gasteiger partial charge in [-0.05, 0) is 12.1 Å². The highest BCUT2D eigenvalue weighted by atomic mass is 16.6. The van der Waals surface area contributed by atoms with E-state index in [1.54, 1.807) is 0 Å². The molecule has 0 bridgehead atoms. The van der Waals surface area contributed by atoms with Gasteiger partial charge in [0.25, 0.3) is 0 Å². The number of anilines is 1. The lowest BCUT2D eigenvalue weighted by atomic mass is 10.3. The Bertz CT molecular complexity index is 322. The van der Waals surface area contributed by atoms with Gasteiger partial charge < -0.3 is 14.8 Å². The minimum absolute atomic E-state index is 0.130. The largest absolute Gasteiger partial charge is 0.462 e. The van der Waals surface area contributed by atoms with Gasteiger partial charge >= 0.3 is 5.97 Å². The average Bonchev–Trinajstić information content (AvgIpc) is 3.09. The topological polar surface area (TPSA) is 50.9 Å². The Kier molecular flexibility index (Phi) is 3.19. The molecule has 0 saturated carbocycles. The Morgan fingerprint density at radius 2 is 2.20 bits per heavy atom. The SMILES string of the molecule is O=C(CNc1ccccc1)OCC1CO1. The van der Waals surface area contributed by atoms with E-state index >= 15 is 0 Å². The summed E-state index contributed by atoms with van der Waals surface area (Å²) < 4.78 is 9.89. The number of hydrogen-bond acceptors (Lipinski definition) is 4. The predicted molar refractivity (Wildman–Crippen MR) is 55.6 cm³/mol. The van der Waals surface area contributed by atoms with Gasteiger partial charge in [0.15, 0.2) is 0 Å². The second-order valence-electron chi connectivity index (χ2n) is 3.36. The molecule has 1 heterocycles. The van der Waals surface area contributed by atoms with Crippen molar-refractivity contribution in [1.82, 2.24) is 0 Å². The molecule has 0 radical (unpaired) electrons. The Morgan fingerprint density at radius 1 is 1.47 bits per heavy atom. The number of benzene rings is 1. The lowest BCUT2D eigenvalue weighted by Gasteiger charge is -2.05. The van der Waals surface area contributed by atoms with E-state index in [9.17, 15) is 4.79 Å². The van der Waals surface area contributed by atoms with Gasteiger partial charge in [0.1, 0.15) is 19.3 Å². The quantitative estimate of drug-likeness (QED) is 0.579. The lowest BCUT2D eigenvalue weighted by molar-refractivity contribution is -0.141. The van der Waals surface area contributed by atoms with Crippen LogP contribution in [0.3, 0.4) is 0 Å². The number of epoxide rings is 1. The highest BCUT2D eigenvalue weighted by Gasteiger charge is 2.23. The average molecular weight is 207 g/mol. The van der Waals surface area contributed by atoms with Crippen molar-refractivity contribution in [3.63, 3.8) is 0 Å². The van der Waals surface area contributed by atoms with Crippen LogP contribution < -0.4 is 5.32 Å². The fourth-order valence-corrected chi connectivity index (χ4v) is 1.13. The van der Waals surface area contributed by atoms with Crippen molar-refractivity contribution >= 4 is 11.7 Å². The summed E-state index contributed by atoms with van der Waals surface area (Å²) in [5, 5.41) is 2.97. The Labute approximate surface area is 88.2 Å². The van der Waals surface area contributed by atoms with Gasteiger partial charge in [0.2, 0.25) is 0 Å². The summed E-state index contributed by atoms with van der Waals surface area (Å²) in [5.74, 6) is -0.255. The zero-order valence-corrected chi connectivity index (χ0v) is 8.31. The van der Waals surface area contributed by atoms with Crippen LogP contribution in [-0.4, -0.2) is 31.8 Å². The van der Waals surface area contributed by atoms with Gasteiger partial charge in [0, 0.05) is 5.69 Å². The highest BCUT2D eigenvalue weighted by molar-refractivity contribution is 5.74. The molecule has 1 aromatic carbocycles. The Hall–Kier alpha value is -1.55. The molecule has 0 aliphatic carbocycles. The third kappa shape index (κ3) is 3.59. The number of nitrogens with one attached hydrogen (secondary N) is 1. The zero-order chi connectivity index (χ0) is 10.5. The molecule has 15 heavy (non-hydrogen) atoms. The number of ether oxygens (including phenoxy) is 2. The van der Waals surface area contributed by atoms with E-state index in [2.05, 4.69) is 5.32 Å². The number of esters is 1. The Balaban J connectivity index is 1.66. The summed E-state index contributed by atoms with van der Waals surface area (Å²) in [6.45, 7) is 1.27. The maximum absolute atomic E-state index is 11.2. The Morgan fingerprint density at radius 3 is 2.87 bits per heavy atom. The van der Waals surface area contributed by atoms with Crippen molar-refractivity contribution in [1.29, 1.82) is 0 Å². The van der Waals surface area contributed by atoms with E-state index in [1.165, 1.54) is 0 Å². The molecule has 2 rings (SSSR count). The molecule has 0 aromatic heterocycles. The molecule has 1 saturated heterocycles. The van der Waals surface area contributed by atoms with Gasteiger partial charge in [-0.3, -0.25) is 4.79 Å². The predicted octanol–water partition coefficient (Wildman–Crippen LogP) is 1.04. The van der Waals surface area contributed by atoms with E-state index in [1.807, 2.05) is 30.3 Å². The summed E-state index contributed by atoms with van der Waals surface area (Å²) in [6, 6.07) is 9.54. The molecule has 1 aliphatic rings. The number of carbonyl (C=O) groups excluding carboxylic acids is 1. The van der Waals surface area contributed by atoms with Gasteiger partial charge in [-0.25, -0.2) is 0 Å². The molecule has 1 unspecified atom stereocenters. The van der Waals surface area contributed by atoms with E-state index in [0.717, 1.165) is 5.69 Å². The molecule has 4 heteroatoms. The monoisotopic (exact) mass is 207 g/mol. The second kappa shape index (κ2) is 4.79. The molecule has 0 spiro atoms. The zero-order valence-electron chi connectivity index (χ0n) is 8.31. The number of carbonyl (C=O) groups is 1. The normalized spacial score (nSPS) is 18.3. The molecular weight excluding hydrogens is 194 g/mol. The standard InChI is InChI=1S/C11H13NO3/c13-11(15-8-10-7-14-10)6-12-9-4-2-1-3-5-9/h1-5,10,12H,6-8H2. The van der Waals surface area contributed by atoms with Crippen molar-refractivity contribution < 1.29 is 14.3 Å². The van der Waals surface area contributed by atoms with Crippen molar-refractivity contribution in [3.05, 3.63) is 30.3 Å². The molecule has 1 fully saturated rings. The molecule has 4 nitrogen and oxygen atoms in total. The lowest BCUT2D eigenvalue weighted by Crippen LogP contribution is -2.18. The van der Waals surface area contributed by atoms with Crippen LogP contribution in [-0.2, 0) is 14.3 Å².